The molecule has 0 bridgehead atoms. The Kier molecular flexibility index (Phi) is 6.98. The smallest absolute Gasteiger partial charge is 0.293 e. The van der Waals surface area contributed by atoms with Crippen molar-refractivity contribution in [3.8, 4) is 0 Å². The second-order valence-electron chi connectivity index (χ2n) is 4.50. The highest BCUT2D eigenvalue weighted by molar-refractivity contribution is 8.14. The van der Waals surface area contributed by atoms with E-state index in [0.29, 0.717) is 11.7 Å². The summed E-state index contributed by atoms with van der Waals surface area (Å²) in [6.45, 7) is 2.70. The minimum Gasteiger partial charge on any atom is -0.363 e. The van der Waals surface area contributed by atoms with E-state index in [9.17, 15) is 19.7 Å². The zero-order chi connectivity index (χ0) is 16.1. The summed E-state index contributed by atoms with van der Waals surface area (Å²) >= 11 is 1.27. The molecular weight excluding hydrogens is 344 g/mol. The molecule has 23 heavy (non-hydrogen) atoms. The van der Waals surface area contributed by atoms with Gasteiger partial charge in [0, 0.05) is 25.1 Å². The third-order valence-corrected chi connectivity index (χ3v) is 3.76. The summed E-state index contributed by atoms with van der Waals surface area (Å²) in [6, 6.07) is 4.01. The van der Waals surface area contributed by atoms with Crippen molar-refractivity contribution in [2.75, 3.05) is 24.2 Å². The zero-order valence-electron chi connectivity index (χ0n) is 12.2. The lowest BCUT2D eigenvalue weighted by Crippen LogP contribution is -2.17. The number of Topliss-reactive ketones (excluding diaryl/α,β-unsaturated/α-hetero) is 1. The molecule has 0 aliphatic carbocycles. The number of carbonyl (C=O) groups is 2. The maximum atomic E-state index is 12.1. The molecule has 10 heteroatoms. The number of hydrogen-bond acceptors (Lipinski definition) is 7. The monoisotopic (exact) mass is 358 g/mol. The summed E-state index contributed by atoms with van der Waals surface area (Å²) in [6.07, 6.45) is 0. The molecule has 0 radical (unpaired) electrons. The van der Waals surface area contributed by atoms with Gasteiger partial charge < -0.3 is 10.6 Å². The van der Waals surface area contributed by atoms with Crippen molar-refractivity contribution in [3.05, 3.63) is 33.9 Å². The SMILES string of the molecule is CC(=O)Nc1ccc(C(=O)CSC2=NCCN2)cc1[N+](=O)[O-].Cl. The minimum atomic E-state index is -0.627. The first kappa shape index (κ1) is 18.9. The summed E-state index contributed by atoms with van der Waals surface area (Å²) in [7, 11) is 0. The lowest BCUT2D eigenvalue weighted by Gasteiger charge is -2.06. The van der Waals surface area contributed by atoms with Gasteiger partial charge in [0.1, 0.15) is 5.69 Å². The van der Waals surface area contributed by atoms with Crippen molar-refractivity contribution in [2.24, 2.45) is 4.99 Å². The Labute approximate surface area is 142 Å². The number of nitro benzene ring substituents is 1. The highest BCUT2D eigenvalue weighted by Gasteiger charge is 2.19. The van der Waals surface area contributed by atoms with Gasteiger partial charge >= 0.3 is 0 Å². The van der Waals surface area contributed by atoms with Crippen molar-refractivity contribution in [1.82, 2.24) is 5.32 Å². The van der Waals surface area contributed by atoms with Gasteiger partial charge in [-0.15, -0.1) is 12.4 Å². The number of nitrogens with zero attached hydrogens (tertiary/aromatic N) is 2. The molecule has 0 unspecified atom stereocenters. The Morgan fingerprint density at radius 3 is 2.78 bits per heavy atom. The molecule has 124 valence electrons. The Morgan fingerprint density at radius 2 is 2.22 bits per heavy atom. The van der Waals surface area contributed by atoms with E-state index in [2.05, 4.69) is 15.6 Å². The highest BCUT2D eigenvalue weighted by Crippen LogP contribution is 2.26. The van der Waals surface area contributed by atoms with E-state index in [1.54, 1.807) is 0 Å². The van der Waals surface area contributed by atoms with Gasteiger partial charge in [-0.1, -0.05) is 11.8 Å². The van der Waals surface area contributed by atoms with Gasteiger partial charge in [-0.2, -0.15) is 0 Å². The molecule has 1 amide bonds. The fraction of sp³-hybridized carbons (Fsp3) is 0.308. The van der Waals surface area contributed by atoms with Crippen LogP contribution in [0, 0.1) is 10.1 Å². The first-order valence-corrected chi connectivity index (χ1v) is 7.46. The van der Waals surface area contributed by atoms with E-state index in [0.717, 1.165) is 6.54 Å². The van der Waals surface area contributed by atoms with Gasteiger partial charge in [0.25, 0.3) is 5.69 Å². The second-order valence-corrected chi connectivity index (χ2v) is 5.46. The van der Waals surface area contributed by atoms with Crippen molar-refractivity contribution >= 4 is 52.4 Å². The number of carbonyl (C=O) groups excluding carboxylic acids is 2. The molecule has 1 aromatic rings. The number of thioether (sulfide) groups is 1. The minimum absolute atomic E-state index is 0. The number of amidine groups is 1. The molecule has 0 spiro atoms. The van der Waals surface area contributed by atoms with Crippen LogP contribution in [0.5, 0.6) is 0 Å². The van der Waals surface area contributed by atoms with Crippen LogP contribution in [0.3, 0.4) is 0 Å². The Balaban J connectivity index is 0.00000264. The van der Waals surface area contributed by atoms with Crippen LogP contribution in [0.25, 0.3) is 0 Å². The predicted octanol–water partition coefficient (Wildman–Crippen LogP) is 1.85. The fourth-order valence-electron chi connectivity index (χ4n) is 1.84. The number of ketones is 1. The van der Waals surface area contributed by atoms with Crippen molar-refractivity contribution in [2.45, 2.75) is 6.92 Å². The van der Waals surface area contributed by atoms with Gasteiger partial charge in [-0.25, -0.2) is 0 Å². The normalized spacial score (nSPS) is 12.7. The molecule has 2 rings (SSSR count). The highest BCUT2D eigenvalue weighted by atomic mass is 35.5. The van der Waals surface area contributed by atoms with E-state index >= 15 is 0 Å². The van der Waals surface area contributed by atoms with Crippen LogP contribution < -0.4 is 10.6 Å². The van der Waals surface area contributed by atoms with E-state index < -0.39 is 10.8 Å². The standard InChI is InChI=1S/C13H14N4O4S.ClH/c1-8(18)16-10-3-2-9(6-11(10)17(20)21)12(19)7-22-13-14-4-5-15-13;/h2-3,6H,4-5,7H2,1H3,(H,14,15)(H,16,18);1H. The quantitative estimate of drug-likeness (QED) is 0.471. The molecule has 0 aromatic heterocycles. The van der Waals surface area contributed by atoms with Gasteiger partial charge in [-0.3, -0.25) is 24.7 Å². The van der Waals surface area contributed by atoms with E-state index in [-0.39, 0.29) is 40.9 Å². The fourth-order valence-corrected chi connectivity index (χ4v) is 2.66. The molecule has 0 saturated carbocycles. The molecule has 0 atom stereocenters. The number of aliphatic imine (C=N–C) groups is 1. The number of benzene rings is 1. The van der Waals surface area contributed by atoms with Crippen molar-refractivity contribution in [3.63, 3.8) is 0 Å². The number of halogens is 1. The molecule has 1 aliphatic rings. The first-order valence-electron chi connectivity index (χ1n) is 6.47. The average Bonchev–Trinajstić information content (AvgIpc) is 2.97. The van der Waals surface area contributed by atoms with Gasteiger partial charge in [-0.05, 0) is 12.1 Å². The summed E-state index contributed by atoms with van der Waals surface area (Å²) in [5.74, 6) is -0.510. The predicted molar refractivity (Wildman–Crippen MR) is 91.7 cm³/mol. The maximum absolute atomic E-state index is 12.1. The summed E-state index contributed by atoms with van der Waals surface area (Å²) < 4.78 is 0. The van der Waals surface area contributed by atoms with Gasteiger partial charge in [0.05, 0.1) is 17.2 Å². The van der Waals surface area contributed by atoms with Crippen LogP contribution in [-0.2, 0) is 4.79 Å². The van der Waals surface area contributed by atoms with E-state index in [1.165, 1.54) is 36.9 Å². The largest absolute Gasteiger partial charge is 0.363 e. The number of nitro groups is 1. The Bertz CT molecular complexity index is 665. The van der Waals surface area contributed by atoms with Crippen LogP contribution in [0.15, 0.2) is 23.2 Å². The first-order chi connectivity index (χ1) is 10.5. The molecule has 0 saturated heterocycles. The van der Waals surface area contributed by atoms with Gasteiger partial charge in [0.2, 0.25) is 5.91 Å². The molecular formula is C13H15ClN4O4S. The topological polar surface area (TPSA) is 114 Å². The number of nitrogens with one attached hydrogen (secondary N) is 2. The number of anilines is 1. The van der Waals surface area contributed by atoms with Crippen LogP contribution in [-0.4, -0.2) is 40.6 Å². The molecule has 0 fully saturated rings. The molecule has 1 heterocycles. The van der Waals surface area contributed by atoms with Crippen LogP contribution >= 0.6 is 24.2 Å². The molecule has 1 aromatic carbocycles. The van der Waals surface area contributed by atoms with Crippen molar-refractivity contribution in [1.29, 1.82) is 0 Å². The molecule has 2 N–H and O–H groups in total. The summed E-state index contributed by atoms with van der Waals surface area (Å²) in [4.78, 5) is 37.7. The molecule has 8 nitrogen and oxygen atoms in total. The lowest BCUT2D eigenvalue weighted by molar-refractivity contribution is -0.383. The van der Waals surface area contributed by atoms with Crippen LogP contribution in [0.2, 0.25) is 0 Å². The summed E-state index contributed by atoms with van der Waals surface area (Å²) in [5.41, 5.74) is -0.00202. The third kappa shape index (κ3) is 5.22. The van der Waals surface area contributed by atoms with E-state index in [4.69, 9.17) is 0 Å². The van der Waals surface area contributed by atoms with Crippen molar-refractivity contribution < 1.29 is 14.5 Å². The Hall–Kier alpha value is -2.13. The molecule has 1 aliphatic heterocycles. The lowest BCUT2D eigenvalue weighted by atomic mass is 10.1. The summed E-state index contributed by atoms with van der Waals surface area (Å²) in [5, 5.41) is 17.2. The second kappa shape index (κ2) is 8.49. The maximum Gasteiger partial charge on any atom is 0.293 e. The van der Waals surface area contributed by atoms with Gasteiger partial charge in [0.15, 0.2) is 11.0 Å². The average molecular weight is 359 g/mol. The Morgan fingerprint density at radius 1 is 1.48 bits per heavy atom. The van der Waals surface area contributed by atoms with Crippen LogP contribution in [0.4, 0.5) is 11.4 Å². The van der Waals surface area contributed by atoms with Crippen LogP contribution in [0.1, 0.15) is 17.3 Å². The third-order valence-electron chi connectivity index (χ3n) is 2.81. The number of hydrogen-bond donors (Lipinski definition) is 2. The number of rotatable bonds is 5. The number of amides is 1. The zero-order valence-corrected chi connectivity index (χ0v) is 13.8. The van der Waals surface area contributed by atoms with E-state index in [1.807, 2.05) is 0 Å².